The van der Waals surface area contributed by atoms with Crippen molar-refractivity contribution in [1.29, 1.82) is 0 Å². The van der Waals surface area contributed by atoms with Crippen LogP contribution in [0.4, 0.5) is 5.69 Å². The fraction of sp³-hybridized carbons (Fsp3) is 0.263. The average molecular weight is 335 g/mol. The van der Waals surface area contributed by atoms with Crippen molar-refractivity contribution in [2.45, 2.75) is 26.7 Å². The largest absolute Gasteiger partial charge is 0.322 e. The lowest BCUT2D eigenvalue weighted by Gasteiger charge is -2.08. The second-order valence-electron chi connectivity index (χ2n) is 6.40. The summed E-state index contributed by atoms with van der Waals surface area (Å²) in [6.45, 7) is 4.44. The lowest BCUT2D eigenvalue weighted by atomic mass is 10.0. The Hall–Kier alpha value is -3.02. The number of benzene rings is 2. The Balaban J connectivity index is 1.62. The molecule has 6 heteroatoms. The Morgan fingerprint density at radius 1 is 1.08 bits per heavy atom. The average Bonchev–Trinajstić information content (AvgIpc) is 3.16. The first kappa shape index (κ1) is 16.8. The van der Waals surface area contributed by atoms with Crippen molar-refractivity contribution >= 4 is 11.6 Å². The van der Waals surface area contributed by atoms with Crippen molar-refractivity contribution < 1.29 is 4.79 Å². The number of carbonyl (C=O) groups is 1. The van der Waals surface area contributed by atoms with Crippen LogP contribution in [0, 0.1) is 5.92 Å². The molecule has 0 atom stereocenters. The summed E-state index contributed by atoms with van der Waals surface area (Å²) in [5, 5.41) is 16.7. The predicted octanol–water partition coefficient (Wildman–Crippen LogP) is 3.71. The second kappa shape index (κ2) is 7.70. The Labute approximate surface area is 146 Å². The highest BCUT2D eigenvalue weighted by Crippen LogP contribution is 2.17. The van der Waals surface area contributed by atoms with Crippen molar-refractivity contribution in [3.63, 3.8) is 0 Å². The molecule has 6 nitrogen and oxygen atoms in total. The normalized spacial score (nSPS) is 10.8. The molecule has 0 aliphatic rings. The van der Waals surface area contributed by atoms with Crippen molar-refractivity contribution in [3.8, 4) is 11.4 Å². The zero-order valence-corrected chi connectivity index (χ0v) is 14.4. The monoisotopic (exact) mass is 335 g/mol. The standard InChI is InChI=1S/C19H21N5O/c1-13(2)3-4-14-5-11-17(12-6-14)20-19(25)16-9-7-15(8-10-16)18-21-23-24-22-18/h5-13H,3-4H2,1-2H3,(H,20,25)(H,21,22,23,24). The number of rotatable bonds is 6. The van der Waals surface area contributed by atoms with Gasteiger partial charge in [0.25, 0.3) is 5.91 Å². The van der Waals surface area contributed by atoms with E-state index in [1.165, 1.54) is 12.0 Å². The van der Waals surface area contributed by atoms with E-state index >= 15 is 0 Å². The minimum atomic E-state index is -0.144. The zero-order chi connectivity index (χ0) is 17.6. The number of amides is 1. The molecular weight excluding hydrogens is 314 g/mol. The van der Waals surface area contributed by atoms with Crippen molar-refractivity contribution in [1.82, 2.24) is 20.6 Å². The van der Waals surface area contributed by atoms with Gasteiger partial charge in [0.2, 0.25) is 5.82 Å². The molecule has 0 radical (unpaired) electrons. The van der Waals surface area contributed by atoms with Gasteiger partial charge in [-0.2, -0.15) is 5.21 Å². The molecule has 3 rings (SSSR count). The minimum absolute atomic E-state index is 0.144. The van der Waals surface area contributed by atoms with Gasteiger partial charge in [-0.3, -0.25) is 4.79 Å². The van der Waals surface area contributed by atoms with Crippen molar-refractivity contribution in [3.05, 3.63) is 59.7 Å². The zero-order valence-electron chi connectivity index (χ0n) is 14.4. The van der Waals surface area contributed by atoms with Gasteiger partial charge in [0.05, 0.1) is 0 Å². The van der Waals surface area contributed by atoms with E-state index in [9.17, 15) is 4.79 Å². The molecule has 0 saturated heterocycles. The summed E-state index contributed by atoms with van der Waals surface area (Å²) in [5.41, 5.74) is 3.47. The topological polar surface area (TPSA) is 83.6 Å². The van der Waals surface area contributed by atoms with E-state index in [1.54, 1.807) is 24.3 Å². The summed E-state index contributed by atoms with van der Waals surface area (Å²) in [7, 11) is 0. The summed E-state index contributed by atoms with van der Waals surface area (Å²) in [5.74, 6) is 1.05. The van der Waals surface area contributed by atoms with E-state index in [-0.39, 0.29) is 5.91 Å². The number of nitrogens with zero attached hydrogens (tertiary/aromatic N) is 3. The highest BCUT2D eigenvalue weighted by molar-refractivity contribution is 6.04. The number of anilines is 1. The van der Waals surface area contributed by atoms with Crippen LogP contribution in [0.5, 0.6) is 0 Å². The van der Waals surface area contributed by atoms with Crippen LogP contribution in [0.25, 0.3) is 11.4 Å². The number of aromatic nitrogens is 4. The number of hydrogen-bond donors (Lipinski definition) is 2. The SMILES string of the molecule is CC(C)CCc1ccc(NC(=O)c2ccc(-c3nn[nH]n3)cc2)cc1. The molecule has 2 N–H and O–H groups in total. The number of nitrogens with one attached hydrogen (secondary N) is 2. The molecule has 0 unspecified atom stereocenters. The smallest absolute Gasteiger partial charge is 0.255 e. The first-order valence-corrected chi connectivity index (χ1v) is 8.36. The van der Waals surface area contributed by atoms with Crippen LogP contribution in [0.3, 0.4) is 0 Å². The van der Waals surface area contributed by atoms with E-state index in [1.807, 2.05) is 12.1 Å². The number of aryl methyl sites for hydroxylation is 1. The summed E-state index contributed by atoms with van der Waals surface area (Å²) in [4.78, 5) is 12.4. The Bertz CT molecular complexity index is 808. The number of H-pyrrole nitrogens is 1. The van der Waals surface area contributed by atoms with E-state index < -0.39 is 0 Å². The van der Waals surface area contributed by atoms with Gasteiger partial charge in [-0.05, 0) is 53.8 Å². The summed E-state index contributed by atoms with van der Waals surface area (Å²) in [6.07, 6.45) is 2.22. The highest BCUT2D eigenvalue weighted by atomic mass is 16.1. The Kier molecular flexibility index (Phi) is 5.18. The van der Waals surface area contributed by atoms with Crippen LogP contribution in [0.1, 0.15) is 36.2 Å². The molecule has 2 aromatic carbocycles. The molecular formula is C19H21N5O. The highest BCUT2D eigenvalue weighted by Gasteiger charge is 2.08. The number of carbonyl (C=O) groups excluding carboxylic acids is 1. The van der Waals surface area contributed by atoms with Gasteiger partial charge in [-0.1, -0.05) is 38.1 Å². The number of tetrazole rings is 1. The molecule has 0 saturated carbocycles. The summed E-state index contributed by atoms with van der Waals surface area (Å²) >= 11 is 0. The van der Waals surface area contributed by atoms with Gasteiger partial charge in [-0.25, -0.2) is 0 Å². The maximum atomic E-state index is 12.4. The predicted molar refractivity (Wildman–Crippen MR) is 97.2 cm³/mol. The maximum absolute atomic E-state index is 12.4. The first-order valence-electron chi connectivity index (χ1n) is 8.36. The van der Waals surface area contributed by atoms with E-state index in [0.29, 0.717) is 17.3 Å². The third-order valence-electron chi connectivity index (χ3n) is 3.97. The van der Waals surface area contributed by atoms with Crippen molar-refractivity contribution in [2.24, 2.45) is 5.92 Å². The van der Waals surface area contributed by atoms with Crippen LogP contribution < -0.4 is 5.32 Å². The fourth-order valence-electron chi connectivity index (χ4n) is 2.47. The summed E-state index contributed by atoms with van der Waals surface area (Å²) < 4.78 is 0. The number of aromatic amines is 1. The molecule has 3 aromatic rings. The quantitative estimate of drug-likeness (QED) is 0.719. The molecule has 1 aromatic heterocycles. The van der Waals surface area contributed by atoms with Gasteiger partial charge in [-0.15, -0.1) is 10.2 Å². The summed E-state index contributed by atoms with van der Waals surface area (Å²) in [6, 6.07) is 15.1. The maximum Gasteiger partial charge on any atom is 0.255 e. The van der Waals surface area contributed by atoms with Gasteiger partial charge in [0, 0.05) is 16.8 Å². The first-order chi connectivity index (χ1) is 12.1. The Morgan fingerprint density at radius 3 is 2.40 bits per heavy atom. The van der Waals surface area contributed by atoms with Gasteiger partial charge in [0.1, 0.15) is 0 Å². The molecule has 25 heavy (non-hydrogen) atoms. The van der Waals surface area contributed by atoms with E-state index in [0.717, 1.165) is 17.7 Å². The molecule has 1 amide bonds. The molecule has 128 valence electrons. The van der Waals surface area contributed by atoms with Crippen LogP contribution in [-0.2, 0) is 6.42 Å². The molecule has 0 spiro atoms. The van der Waals surface area contributed by atoms with Gasteiger partial charge < -0.3 is 5.32 Å². The van der Waals surface area contributed by atoms with Gasteiger partial charge in [0.15, 0.2) is 0 Å². The fourth-order valence-corrected chi connectivity index (χ4v) is 2.47. The van der Waals surface area contributed by atoms with Gasteiger partial charge >= 0.3 is 0 Å². The molecule has 0 aliphatic heterocycles. The third kappa shape index (κ3) is 4.50. The van der Waals surface area contributed by atoms with Crippen molar-refractivity contribution in [2.75, 3.05) is 5.32 Å². The van der Waals surface area contributed by atoms with Crippen LogP contribution in [0.2, 0.25) is 0 Å². The molecule has 0 fully saturated rings. The second-order valence-corrected chi connectivity index (χ2v) is 6.40. The van der Waals surface area contributed by atoms with Crippen LogP contribution in [0.15, 0.2) is 48.5 Å². The minimum Gasteiger partial charge on any atom is -0.322 e. The molecule has 1 heterocycles. The van der Waals surface area contributed by atoms with Crippen LogP contribution >= 0.6 is 0 Å². The van der Waals surface area contributed by atoms with E-state index in [4.69, 9.17) is 0 Å². The lowest BCUT2D eigenvalue weighted by molar-refractivity contribution is 0.102. The Morgan fingerprint density at radius 2 is 1.80 bits per heavy atom. The van der Waals surface area contributed by atoms with Crippen LogP contribution in [-0.4, -0.2) is 26.5 Å². The third-order valence-corrected chi connectivity index (χ3v) is 3.97. The molecule has 0 bridgehead atoms. The number of hydrogen-bond acceptors (Lipinski definition) is 4. The molecule has 0 aliphatic carbocycles. The van der Waals surface area contributed by atoms with E-state index in [2.05, 4.69) is 51.9 Å². The lowest BCUT2D eigenvalue weighted by Crippen LogP contribution is -2.11.